The van der Waals surface area contributed by atoms with Crippen LogP contribution in [0.25, 0.3) is 11.4 Å². The summed E-state index contributed by atoms with van der Waals surface area (Å²) in [7, 11) is 0.801. The predicted molar refractivity (Wildman–Crippen MR) is 110 cm³/mol. The molecule has 3 aromatic rings. The SMILES string of the molecule is Cn1ccc(-c2nc(N3CCC(c4ncc(Cl)cn4)CC3)nc3c2[S@](=O)CC3)n1. The number of fused-ring (bicyclic) bond motifs is 1. The molecule has 1 saturated heterocycles. The number of hydrogen-bond donors (Lipinski definition) is 0. The molecule has 0 radical (unpaired) electrons. The molecule has 150 valence electrons. The molecular formula is C19H20ClN7OS. The van der Waals surface area contributed by atoms with Gasteiger partial charge >= 0.3 is 0 Å². The molecule has 0 aromatic carbocycles. The van der Waals surface area contributed by atoms with Gasteiger partial charge in [0.15, 0.2) is 0 Å². The van der Waals surface area contributed by atoms with Gasteiger partial charge in [-0.05, 0) is 18.9 Å². The van der Waals surface area contributed by atoms with E-state index < -0.39 is 10.8 Å². The Bertz CT molecular complexity index is 1080. The molecule has 5 rings (SSSR count). The molecule has 1 fully saturated rings. The van der Waals surface area contributed by atoms with Crippen LogP contribution in [-0.2, 0) is 24.3 Å². The van der Waals surface area contributed by atoms with Crippen LogP contribution in [0.3, 0.4) is 0 Å². The number of anilines is 1. The highest BCUT2D eigenvalue weighted by Gasteiger charge is 2.30. The average Bonchev–Trinajstić information content (AvgIpc) is 3.34. The molecule has 0 amide bonds. The standard InChI is InChI=1S/C19H20ClN7OS/c1-26-6-4-14(25-26)16-17-15(5-9-29(17)28)23-19(24-16)27-7-2-12(3-8-27)18-21-10-13(20)11-22-18/h4,6,10-12H,2-3,5,7-9H2,1H3/t29-/m1/s1. The van der Waals surface area contributed by atoms with Crippen LogP contribution < -0.4 is 4.90 Å². The van der Waals surface area contributed by atoms with E-state index in [1.807, 2.05) is 19.3 Å². The third kappa shape index (κ3) is 3.53. The topological polar surface area (TPSA) is 89.7 Å². The summed E-state index contributed by atoms with van der Waals surface area (Å²) in [6, 6.07) is 1.91. The Kier molecular flexibility index (Phi) is 4.79. The quantitative estimate of drug-likeness (QED) is 0.631. The lowest BCUT2D eigenvalue weighted by Crippen LogP contribution is -2.35. The molecule has 10 heteroatoms. The van der Waals surface area contributed by atoms with Crippen molar-refractivity contribution in [2.75, 3.05) is 23.7 Å². The molecular weight excluding hydrogens is 410 g/mol. The molecule has 3 aromatic heterocycles. The van der Waals surface area contributed by atoms with Crippen molar-refractivity contribution >= 4 is 28.3 Å². The zero-order chi connectivity index (χ0) is 20.0. The maximum Gasteiger partial charge on any atom is 0.226 e. The van der Waals surface area contributed by atoms with Gasteiger partial charge < -0.3 is 4.90 Å². The van der Waals surface area contributed by atoms with Crippen LogP contribution in [0.2, 0.25) is 5.02 Å². The summed E-state index contributed by atoms with van der Waals surface area (Å²) in [5.41, 5.74) is 2.33. The number of piperidine rings is 1. The van der Waals surface area contributed by atoms with E-state index in [4.69, 9.17) is 21.6 Å². The van der Waals surface area contributed by atoms with Crippen LogP contribution in [0.4, 0.5) is 5.95 Å². The minimum Gasteiger partial charge on any atom is -0.341 e. The van der Waals surface area contributed by atoms with Gasteiger partial charge in [0, 0.05) is 56.8 Å². The van der Waals surface area contributed by atoms with Crippen molar-refractivity contribution in [3.8, 4) is 11.4 Å². The van der Waals surface area contributed by atoms with Gasteiger partial charge in [0.2, 0.25) is 5.95 Å². The molecule has 29 heavy (non-hydrogen) atoms. The van der Waals surface area contributed by atoms with Gasteiger partial charge in [0.05, 0.1) is 26.4 Å². The second kappa shape index (κ2) is 7.46. The van der Waals surface area contributed by atoms with Gasteiger partial charge in [-0.1, -0.05) is 11.6 Å². The molecule has 0 N–H and O–H groups in total. The molecule has 2 aliphatic rings. The number of hydrogen-bond acceptors (Lipinski definition) is 7. The summed E-state index contributed by atoms with van der Waals surface area (Å²) in [5, 5.41) is 5.04. The number of aromatic nitrogens is 6. The summed E-state index contributed by atoms with van der Waals surface area (Å²) in [6.45, 7) is 1.64. The zero-order valence-corrected chi connectivity index (χ0v) is 17.5. The number of rotatable bonds is 3. The van der Waals surface area contributed by atoms with Crippen molar-refractivity contribution < 1.29 is 4.21 Å². The largest absolute Gasteiger partial charge is 0.341 e. The van der Waals surface area contributed by atoms with Gasteiger partial charge in [0.1, 0.15) is 17.2 Å². The Balaban J connectivity index is 1.42. The minimum atomic E-state index is -1.07. The third-order valence-electron chi connectivity index (χ3n) is 5.42. The second-order valence-corrected chi connectivity index (χ2v) is 9.29. The third-order valence-corrected chi connectivity index (χ3v) is 7.07. The smallest absolute Gasteiger partial charge is 0.226 e. The molecule has 0 bridgehead atoms. The molecule has 0 unspecified atom stereocenters. The lowest BCUT2D eigenvalue weighted by Gasteiger charge is -2.31. The van der Waals surface area contributed by atoms with E-state index in [2.05, 4.69) is 20.0 Å². The maximum absolute atomic E-state index is 12.5. The van der Waals surface area contributed by atoms with Gasteiger partial charge in [-0.2, -0.15) is 5.10 Å². The lowest BCUT2D eigenvalue weighted by atomic mass is 9.96. The van der Waals surface area contributed by atoms with Crippen LogP contribution in [0.1, 0.15) is 30.3 Å². The zero-order valence-electron chi connectivity index (χ0n) is 16.0. The Hall–Kier alpha value is -2.39. The van der Waals surface area contributed by atoms with E-state index in [1.165, 1.54) is 0 Å². The molecule has 8 nitrogen and oxygen atoms in total. The normalized spacial score (nSPS) is 19.5. The van der Waals surface area contributed by atoms with E-state index in [1.54, 1.807) is 17.1 Å². The first-order valence-corrected chi connectivity index (χ1v) is 11.3. The van der Waals surface area contributed by atoms with Crippen molar-refractivity contribution in [3.05, 3.63) is 41.2 Å². The van der Waals surface area contributed by atoms with Gasteiger partial charge in [-0.15, -0.1) is 0 Å². The molecule has 0 aliphatic carbocycles. The van der Waals surface area contributed by atoms with Gasteiger partial charge in [-0.3, -0.25) is 8.89 Å². The average molecular weight is 430 g/mol. The van der Waals surface area contributed by atoms with E-state index in [0.29, 0.717) is 34.8 Å². The Labute approximate surface area is 175 Å². The van der Waals surface area contributed by atoms with Gasteiger partial charge in [0.25, 0.3) is 0 Å². The first-order chi connectivity index (χ1) is 14.1. The second-order valence-electron chi connectivity index (χ2n) is 7.34. The number of aryl methyl sites for hydroxylation is 2. The fourth-order valence-electron chi connectivity index (χ4n) is 3.91. The van der Waals surface area contributed by atoms with Crippen molar-refractivity contribution in [1.82, 2.24) is 29.7 Å². The highest BCUT2D eigenvalue weighted by Crippen LogP contribution is 2.34. The summed E-state index contributed by atoms with van der Waals surface area (Å²) >= 11 is 5.90. The van der Waals surface area contributed by atoms with Crippen LogP contribution in [0.5, 0.6) is 0 Å². The van der Waals surface area contributed by atoms with Crippen LogP contribution in [-0.4, -0.2) is 52.8 Å². The summed E-state index contributed by atoms with van der Waals surface area (Å²) in [5.74, 6) is 2.44. The highest BCUT2D eigenvalue weighted by molar-refractivity contribution is 7.85. The van der Waals surface area contributed by atoms with Crippen molar-refractivity contribution in [2.45, 2.75) is 30.1 Å². The van der Waals surface area contributed by atoms with Crippen molar-refractivity contribution in [1.29, 1.82) is 0 Å². The van der Waals surface area contributed by atoms with E-state index in [0.717, 1.165) is 48.0 Å². The Morgan fingerprint density at radius 1 is 1.17 bits per heavy atom. The predicted octanol–water partition coefficient (Wildman–Crippen LogP) is 2.37. The monoisotopic (exact) mass is 429 g/mol. The summed E-state index contributed by atoms with van der Waals surface area (Å²) < 4.78 is 14.3. The molecule has 5 heterocycles. The Morgan fingerprint density at radius 3 is 2.62 bits per heavy atom. The lowest BCUT2D eigenvalue weighted by molar-refractivity contribution is 0.480. The molecule has 0 spiro atoms. The van der Waals surface area contributed by atoms with Crippen molar-refractivity contribution in [3.63, 3.8) is 0 Å². The Morgan fingerprint density at radius 2 is 1.93 bits per heavy atom. The first-order valence-electron chi connectivity index (χ1n) is 9.60. The first kappa shape index (κ1) is 18.6. The van der Waals surface area contributed by atoms with Crippen molar-refractivity contribution in [2.24, 2.45) is 7.05 Å². The molecule has 1 atom stereocenters. The van der Waals surface area contributed by atoms with E-state index >= 15 is 0 Å². The number of halogens is 1. The van der Waals surface area contributed by atoms with E-state index in [-0.39, 0.29) is 0 Å². The van der Waals surface area contributed by atoms with Crippen LogP contribution in [0, 0.1) is 0 Å². The van der Waals surface area contributed by atoms with Gasteiger partial charge in [-0.25, -0.2) is 19.9 Å². The van der Waals surface area contributed by atoms with Crippen LogP contribution >= 0.6 is 11.6 Å². The minimum absolute atomic E-state index is 0.306. The summed E-state index contributed by atoms with van der Waals surface area (Å²) in [4.78, 5) is 21.3. The molecule has 0 saturated carbocycles. The highest BCUT2D eigenvalue weighted by atomic mass is 35.5. The fraction of sp³-hybridized carbons (Fsp3) is 0.421. The van der Waals surface area contributed by atoms with E-state index in [9.17, 15) is 4.21 Å². The maximum atomic E-state index is 12.5. The number of nitrogens with zero attached hydrogens (tertiary/aromatic N) is 7. The fourth-order valence-corrected chi connectivity index (χ4v) is 5.37. The summed E-state index contributed by atoms with van der Waals surface area (Å²) in [6.07, 6.45) is 7.74. The van der Waals surface area contributed by atoms with Crippen LogP contribution in [0.15, 0.2) is 29.6 Å². The molecule has 2 aliphatic heterocycles.